The minimum absolute atomic E-state index is 0.0623. The van der Waals surface area contributed by atoms with E-state index < -0.39 is 0 Å². The number of hydrogen-bond donors (Lipinski definition) is 1. The molecule has 0 radical (unpaired) electrons. The monoisotopic (exact) mass is 296 g/mol. The summed E-state index contributed by atoms with van der Waals surface area (Å²) in [5.74, 6) is -0.0978. The molecule has 1 aromatic rings. The maximum atomic E-state index is 11.7. The van der Waals surface area contributed by atoms with Crippen LogP contribution in [0, 0.1) is 0 Å². The van der Waals surface area contributed by atoms with Crippen LogP contribution in [0.25, 0.3) is 0 Å². The first-order valence-electron chi connectivity index (χ1n) is 5.49. The predicted molar refractivity (Wildman–Crippen MR) is 68.6 cm³/mol. The number of halogens is 1. The highest BCUT2D eigenvalue weighted by atomic mass is 79.9. The zero-order valence-electron chi connectivity index (χ0n) is 9.28. The van der Waals surface area contributed by atoms with Crippen LogP contribution in [0.3, 0.4) is 0 Å². The Morgan fingerprint density at radius 2 is 2.18 bits per heavy atom. The normalized spacial score (nSPS) is 15.1. The summed E-state index contributed by atoms with van der Waals surface area (Å²) >= 11 is 3.35. The molecule has 5 heteroatoms. The van der Waals surface area contributed by atoms with Crippen LogP contribution in [-0.2, 0) is 9.59 Å². The van der Waals surface area contributed by atoms with E-state index in [1.807, 2.05) is 24.3 Å². The van der Waals surface area contributed by atoms with E-state index in [1.54, 1.807) is 4.90 Å². The lowest BCUT2D eigenvalue weighted by Crippen LogP contribution is -2.34. The van der Waals surface area contributed by atoms with Crippen molar-refractivity contribution in [3.05, 3.63) is 28.7 Å². The van der Waals surface area contributed by atoms with Crippen molar-refractivity contribution < 1.29 is 9.59 Å². The molecule has 1 N–H and O–H groups in total. The summed E-state index contributed by atoms with van der Waals surface area (Å²) in [6, 6.07) is 7.40. The number of amides is 2. The quantitative estimate of drug-likeness (QED) is 0.928. The first kappa shape index (κ1) is 12.1. The fraction of sp³-hybridized carbons (Fsp3) is 0.333. The van der Waals surface area contributed by atoms with E-state index in [2.05, 4.69) is 21.2 Å². The topological polar surface area (TPSA) is 49.4 Å². The molecule has 0 aliphatic carbocycles. The lowest BCUT2D eigenvalue weighted by molar-refractivity contribution is -0.131. The van der Waals surface area contributed by atoms with Crippen molar-refractivity contribution in [3.8, 4) is 0 Å². The Morgan fingerprint density at radius 3 is 2.82 bits per heavy atom. The first-order chi connectivity index (χ1) is 8.16. The molecule has 0 aromatic heterocycles. The van der Waals surface area contributed by atoms with Crippen LogP contribution in [0.15, 0.2) is 28.7 Å². The van der Waals surface area contributed by atoms with E-state index in [9.17, 15) is 9.59 Å². The molecule has 2 amide bonds. The van der Waals surface area contributed by atoms with Gasteiger partial charge in [0.1, 0.15) is 0 Å². The average Bonchev–Trinajstić information content (AvgIpc) is 2.68. The highest BCUT2D eigenvalue weighted by Crippen LogP contribution is 2.21. The zero-order chi connectivity index (χ0) is 12.3. The van der Waals surface area contributed by atoms with Gasteiger partial charge >= 0.3 is 0 Å². The van der Waals surface area contributed by atoms with Crippen molar-refractivity contribution >= 4 is 33.4 Å². The zero-order valence-corrected chi connectivity index (χ0v) is 10.9. The molecule has 0 unspecified atom stereocenters. The van der Waals surface area contributed by atoms with Gasteiger partial charge in [-0.05, 0) is 34.5 Å². The van der Waals surface area contributed by atoms with Crippen LogP contribution in [-0.4, -0.2) is 29.8 Å². The van der Waals surface area contributed by atoms with Crippen LogP contribution in [0.2, 0.25) is 0 Å². The standard InChI is InChI=1S/C12H13BrN2O2/c13-9-4-1-2-5-10(9)14-11(16)8-15-7-3-6-12(15)17/h1-2,4-5H,3,6-8H2,(H,14,16). The lowest BCUT2D eigenvalue weighted by Gasteiger charge is -2.15. The SMILES string of the molecule is O=C(CN1CCCC1=O)Nc1ccccc1Br. The van der Waals surface area contributed by atoms with Gasteiger partial charge in [-0.1, -0.05) is 12.1 Å². The minimum atomic E-state index is -0.160. The van der Waals surface area contributed by atoms with Crippen LogP contribution in [0.5, 0.6) is 0 Å². The first-order valence-corrected chi connectivity index (χ1v) is 6.28. The largest absolute Gasteiger partial charge is 0.333 e. The van der Waals surface area contributed by atoms with Gasteiger partial charge in [-0.2, -0.15) is 0 Å². The molecule has 0 spiro atoms. The molecule has 1 heterocycles. The van der Waals surface area contributed by atoms with Gasteiger partial charge in [0.2, 0.25) is 11.8 Å². The molecule has 0 atom stereocenters. The molecule has 1 fully saturated rings. The Hall–Kier alpha value is -1.36. The van der Waals surface area contributed by atoms with Crippen molar-refractivity contribution in [2.24, 2.45) is 0 Å². The summed E-state index contributed by atoms with van der Waals surface area (Å²) in [7, 11) is 0. The molecule has 1 aliphatic rings. The third-order valence-corrected chi connectivity index (χ3v) is 3.35. The van der Waals surface area contributed by atoms with E-state index in [0.29, 0.717) is 13.0 Å². The summed E-state index contributed by atoms with van der Waals surface area (Å²) < 4.78 is 0.834. The van der Waals surface area contributed by atoms with Gasteiger partial charge in [0.15, 0.2) is 0 Å². The lowest BCUT2D eigenvalue weighted by atomic mass is 10.3. The predicted octanol–water partition coefficient (Wildman–Crippen LogP) is 2.01. The van der Waals surface area contributed by atoms with E-state index in [-0.39, 0.29) is 18.4 Å². The summed E-state index contributed by atoms with van der Waals surface area (Å²) in [6.07, 6.45) is 1.41. The second-order valence-electron chi connectivity index (χ2n) is 3.95. The van der Waals surface area contributed by atoms with Crippen molar-refractivity contribution in [3.63, 3.8) is 0 Å². The van der Waals surface area contributed by atoms with E-state index in [1.165, 1.54) is 0 Å². The number of anilines is 1. The third kappa shape index (κ3) is 3.06. The molecule has 0 saturated carbocycles. The summed E-state index contributed by atoms with van der Waals surface area (Å²) in [4.78, 5) is 24.7. The van der Waals surface area contributed by atoms with E-state index in [4.69, 9.17) is 0 Å². The molecule has 2 rings (SSSR count). The second kappa shape index (κ2) is 5.31. The van der Waals surface area contributed by atoms with Crippen molar-refractivity contribution in [1.29, 1.82) is 0 Å². The number of rotatable bonds is 3. The third-order valence-electron chi connectivity index (χ3n) is 2.65. The van der Waals surface area contributed by atoms with Crippen LogP contribution < -0.4 is 5.32 Å². The Bertz CT molecular complexity index is 448. The fourth-order valence-electron chi connectivity index (χ4n) is 1.80. The van der Waals surface area contributed by atoms with Crippen molar-refractivity contribution in [2.45, 2.75) is 12.8 Å². The number of carbonyl (C=O) groups is 2. The Balaban J connectivity index is 1.93. The Morgan fingerprint density at radius 1 is 1.41 bits per heavy atom. The Kier molecular flexibility index (Phi) is 3.78. The van der Waals surface area contributed by atoms with E-state index >= 15 is 0 Å². The molecular formula is C12H13BrN2O2. The van der Waals surface area contributed by atoms with Gasteiger partial charge in [-0.25, -0.2) is 0 Å². The smallest absolute Gasteiger partial charge is 0.244 e. The highest BCUT2D eigenvalue weighted by Gasteiger charge is 2.22. The van der Waals surface area contributed by atoms with Gasteiger partial charge in [0.05, 0.1) is 12.2 Å². The molecule has 17 heavy (non-hydrogen) atoms. The van der Waals surface area contributed by atoms with Crippen molar-refractivity contribution in [2.75, 3.05) is 18.4 Å². The van der Waals surface area contributed by atoms with Gasteiger partial charge in [-0.15, -0.1) is 0 Å². The second-order valence-corrected chi connectivity index (χ2v) is 4.80. The molecule has 1 saturated heterocycles. The Labute approximate surface area is 108 Å². The number of para-hydroxylation sites is 1. The molecule has 1 aliphatic heterocycles. The highest BCUT2D eigenvalue weighted by molar-refractivity contribution is 9.10. The summed E-state index contributed by atoms with van der Waals surface area (Å²) in [5.41, 5.74) is 0.726. The number of nitrogens with one attached hydrogen (secondary N) is 1. The molecule has 0 bridgehead atoms. The van der Waals surface area contributed by atoms with Crippen LogP contribution in [0.4, 0.5) is 5.69 Å². The van der Waals surface area contributed by atoms with Gasteiger partial charge < -0.3 is 10.2 Å². The number of carbonyl (C=O) groups excluding carboxylic acids is 2. The minimum Gasteiger partial charge on any atom is -0.333 e. The number of benzene rings is 1. The number of nitrogens with zero attached hydrogens (tertiary/aromatic N) is 1. The van der Waals surface area contributed by atoms with Gasteiger partial charge in [0.25, 0.3) is 0 Å². The molecule has 4 nitrogen and oxygen atoms in total. The molecular weight excluding hydrogens is 284 g/mol. The summed E-state index contributed by atoms with van der Waals surface area (Å²) in [6.45, 7) is 0.822. The maximum Gasteiger partial charge on any atom is 0.244 e. The molecule has 1 aromatic carbocycles. The molecule has 90 valence electrons. The average molecular weight is 297 g/mol. The van der Waals surface area contributed by atoms with Crippen LogP contribution in [0.1, 0.15) is 12.8 Å². The maximum absolute atomic E-state index is 11.7. The summed E-state index contributed by atoms with van der Waals surface area (Å²) in [5, 5.41) is 2.78. The van der Waals surface area contributed by atoms with Gasteiger partial charge in [0, 0.05) is 17.4 Å². The number of hydrogen-bond acceptors (Lipinski definition) is 2. The van der Waals surface area contributed by atoms with Gasteiger partial charge in [-0.3, -0.25) is 9.59 Å². The van der Waals surface area contributed by atoms with Crippen molar-refractivity contribution in [1.82, 2.24) is 4.90 Å². The fourth-order valence-corrected chi connectivity index (χ4v) is 2.18. The number of likely N-dealkylation sites (tertiary alicyclic amines) is 1. The van der Waals surface area contributed by atoms with E-state index in [0.717, 1.165) is 16.6 Å². The van der Waals surface area contributed by atoms with Crippen LogP contribution >= 0.6 is 15.9 Å².